The molecule has 0 aliphatic rings. The highest BCUT2D eigenvalue weighted by Crippen LogP contribution is 2.31. The van der Waals surface area contributed by atoms with E-state index in [1.54, 1.807) is 25.3 Å². The van der Waals surface area contributed by atoms with Crippen LogP contribution in [0.3, 0.4) is 0 Å². The molecule has 2 rings (SSSR count). The van der Waals surface area contributed by atoms with Crippen LogP contribution >= 0.6 is 0 Å². The molecule has 19 heavy (non-hydrogen) atoms. The van der Waals surface area contributed by atoms with Crippen molar-refractivity contribution in [2.75, 3.05) is 7.11 Å². The second-order valence-electron chi connectivity index (χ2n) is 3.81. The van der Waals surface area contributed by atoms with Gasteiger partial charge in [0.05, 0.1) is 7.11 Å². The van der Waals surface area contributed by atoms with Gasteiger partial charge in [-0.25, -0.2) is 0 Å². The zero-order valence-corrected chi connectivity index (χ0v) is 10.6. The van der Waals surface area contributed by atoms with Gasteiger partial charge in [0.25, 0.3) is 0 Å². The Balaban J connectivity index is 2.11. The molecule has 0 atom stereocenters. The molecule has 97 valence electrons. The van der Waals surface area contributed by atoms with Crippen LogP contribution in [0.15, 0.2) is 48.5 Å². The molecule has 0 amide bonds. The fourth-order valence-corrected chi connectivity index (χ4v) is 1.64. The van der Waals surface area contributed by atoms with Crippen LogP contribution in [0.25, 0.3) is 0 Å². The van der Waals surface area contributed by atoms with Crippen LogP contribution in [0.4, 0.5) is 0 Å². The number of ether oxygens (including phenoxy) is 2. The lowest BCUT2D eigenvalue weighted by atomic mass is 10.2. The summed E-state index contributed by atoms with van der Waals surface area (Å²) in [5, 5.41) is 8.63. The molecule has 0 bridgehead atoms. The van der Waals surface area contributed by atoms with Crippen LogP contribution in [-0.2, 0) is 6.61 Å². The molecule has 4 nitrogen and oxygen atoms in total. The summed E-state index contributed by atoms with van der Waals surface area (Å²) in [6.45, 7) is 0.434. The van der Waals surface area contributed by atoms with Gasteiger partial charge in [0, 0.05) is 6.07 Å². The molecular formula is C14H14BO4. The van der Waals surface area contributed by atoms with Crippen LogP contribution in [0.1, 0.15) is 5.56 Å². The van der Waals surface area contributed by atoms with E-state index in [9.17, 15) is 0 Å². The minimum Gasteiger partial charge on any atom is -0.537 e. The molecular weight excluding hydrogens is 243 g/mol. The first-order chi connectivity index (χ1) is 9.33. The smallest absolute Gasteiger partial charge is 0.537 e. The van der Waals surface area contributed by atoms with Crippen molar-refractivity contribution in [2.45, 2.75) is 6.61 Å². The number of benzene rings is 2. The zero-order chi connectivity index (χ0) is 13.5. The molecule has 2 aromatic carbocycles. The third-order valence-corrected chi connectivity index (χ3v) is 2.56. The summed E-state index contributed by atoms with van der Waals surface area (Å²) in [6, 6.07) is 14.9. The van der Waals surface area contributed by atoms with Crippen molar-refractivity contribution >= 4 is 7.69 Å². The topological polar surface area (TPSA) is 47.9 Å². The fraction of sp³-hybridized carbons (Fsp3) is 0.143. The molecule has 2 aromatic rings. The number of rotatable bonds is 6. The van der Waals surface area contributed by atoms with E-state index in [1.807, 2.05) is 30.3 Å². The van der Waals surface area contributed by atoms with Crippen molar-refractivity contribution < 1.29 is 19.2 Å². The quantitative estimate of drug-likeness (QED) is 0.806. The van der Waals surface area contributed by atoms with Crippen LogP contribution < -0.4 is 14.1 Å². The van der Waals surface area contributed by atoms with Crippen molar-refractivity contribution in [3.05, 3.63) is 54.1 Å². The molecule has 0 spiro atoms. The molecule has 0 heterocycles. The van der Waals surface area contributed by atoms with Gasteiger partial charge in [-0.1, -0.05) is 30.3 Å². The lowest BCUT2D eigenvalue weighted by Crippen LogP contribution is -2.01. The average molecular weight is 257 g/mol. The molecule has 0 saturated heterocycles. The lowest BCUT2D eigenvalue weighted by molar-refractivity contribution is 0.283. The predicted octanol–water partition coefficient (Wildman–Crippen LogP) is 2.18. The van der Waals surface area contributed by atoms with Crippen molar-refractivity contribution in [1.29, 1.82) is 0 Å². The normalized spacial score (nSPS) is 9.79. The first-order valence-electron chi connectivity index (χ1n) is 5.81. The van der Waals surface area contributed by atoms with Crippen molar-refractivity contribution in [1.82, 2.24) is 0 Å². The Hall–Kier alpha value is -2.14. The summed E-state index contributed by atoms with van der Waals surface area (Å²) in [7, 11) is 2.20. The van der Waals surface area contributed by atoms with Gasteiger partial charge >= 0.3 is 7.69 Å². The van der Waals surface area contributed by atoms with E-state index in [2.05, 4.69) is 0 Å². The lowest BCUT2D eigenvalue weighted by Gasteiger charge is -2.12. The summed E-state index contributed by atoms with van der Waals surface area (Å²) in [6.07, 6.45) is 0. The maximum Gasteiger partial charge on any atom is 0.569 e. The minimum atomic E-state index is 0.434. The van der Waals surface area contributed by atoms with Crippen molar-refractivity contribution in [3.63, 3.8) is 0 Å². The standard InChI is InChI=1S/C14H14BO4/c1-17-13-8-7-12(19-15-16)9-14(13)18-10-11-5-3-2-4-6-11/h2-9,16H,10H2,1H3. The molecule has 0 aliphatic heterocycles. The Kier molecular flexibility index (Phi) is 4.69. The summed E-state index contributed by atoms with van der Waals surface area (Å²) in [4.78, 5) is 0. The van der Waals surface area contributed by atoms with E-state index in [-0.39, 0.29) is 0 Å². The molecule has 1 N–H and O–H groups in total. The van der Waals surface area contributed by atoms with Crippen LogP contribution in [0.2, 0.25) is 0 Å². The monoisotopic (exact) mass is 257 g/mol. The highest BCUT2D eigenvalue weighted by molar-refractivity contribution is 6.17. The summed E-state index contributed by atoms with van der Waals surface area (Å²) >= 11 is 0. The van der Waals surface area contributed by atoms with Gasteiger partial charge in [0.15, 0.2) is 11.5 Å². The minimum absolute atomic E-state index is 0.434. The Labute approximate surface area is 112 Å². The number of methoxy groups -OCH3 is 1. The van der Waals surface area contributed by atoms with Gasteiger partial charge in [-0.2, -0.15) is 0 Å². The molecule has 0 aromatic heterocycles. The Morgan fingerprint density at radius 3 is 2.53 bits per heavy atom. The van der Waals surface area contributed by atoms with E-state index >= 15 is 0 Å². The molecule has 0 saturated carbocycles. The highest BCUT2D eigenvalue weighted by atomic mass is 16.5. The maximum absolute atomic E-state index is 8.63. The van der Waals surface area contributed by atoms with Crippen LogP contribution in [0.5, 0.6) is 17.2 Å². The first kappa shape index (κ1) is 13.3. The van der Waals surface area contributed by atoms with Crippen LogP contribution in [-0.4, -0.2) is 19.8 Å². The van der Waals surface area contributed by atoms with Crippen LogP contribution in [0, 0.1) is 0 Å². The maximum atomic E-state index is 8.63. The SMILES string of the molecule is COc1ccc(O[B]O)cc1OCc1ccccc1. The van der Waals surface area contributed by atoms with Crippen molar-refractivity contribution in [2.24, 2.45) is 0 Å². The van der Waals surface area contributed by atoms with E-state index in [1.165, 1.54) is 0 Å². The molecule has 0 fully saturated rings. The molecule has 5 heteroatoms. The Morgan fingerprint density at radius 1 is 1.05 bits per heavy atom. The first-order valence-corrected chi connectivity index (χ1v) is 5.81. The molecule has 0 aliphatic carbocycles. The number of hydrogen-bond acceptors (Lipinski definition) is 4. The van der Waals surface area contributed by atoms with E-state index < -0.39 is 0 Å². The summed E-state index contributed by atoms with van der Waals surface area (Å²) < 4.78 is 15.8. The predicted molar refractivity (Wildman–Crippen MR) is 72.4 cm³/mol. The number of hydrogen-bond donors (Lipinski definition) is 1. The molecule has 0 unspecified atom stereocenters. The van der Waals surface area contributed by atoms with Crippen molar-refractivity contribution in [3.8, 4) is 17.2 Å². The average Bonchev–Trinajstić information content (AvgIpc) is 2.47. The largest absolute Gasteiger partial charge is 0.569 e. The second kappa shape index (κ2) is 6.71. The summed E-state index contributed by atoms with van der Waals surface area (Å²) in [5.41, 5.74) is 1.06. The third-order valence-electron chi connectivity index (χ3n) is 2.56. The van der Waals surface area contributed by atoms with Gasteiger partial charge in [-0.3, -0.25) is 0 Å². The van der Waals surface area contributed by atoms with Gasteiger partial charge in [0.1, 0.15) is 12.4 Å². The van der Waals surface area contributed by atoms with Gasteiger partial charge in [-0.05, 0) is 17.7 Å². The van der Waals surface area contributed by atoms with E-state index in [0.29, 0.717) is 31.5 Å². The van der Waals surface area contributed by atoms with E-state index in [4.69, 9.17) is 19.2 Å². The summed E-state index contributed by atoms with van der Waals surface area (Å²) in [5.74, 6) is 1.65. The zero-order valence-electron chi connectivity index (χ0n) is 10.6. The highest BCUT2D eigenvalue weighted by Gasteiger charge is 2.07. The van der Waals surface area contributed by atoms with Gasteiger partial charge in [-0.15, -0.1) is 0 Å². The third kappa shape index (κ3) is 3.66. The second-order valence-corrected chi connectivity index (χ2v) is 3.81. The Bertz CT molecular complexity index is 516. The van der Waals surface area contributed by atoms with E-state index in [0.717, 1.165) is 5.56 Å². The Morgan fingerprint density at radius 2 is 1.84 bits per heavy atom. The van der Waals surface area contributed by atoms with Gasteiger partial charge in [0.2, 0.25) is 0 Å². The fourth-order valence-electron chi connectivity index (χ4n) is 1.64. The molecule has 1 radical (unpaired) electrons. The van der Waals surface area contributed by atoms with Gasteiger partial charge < -0.3 is 19.2 Å².